The molecule has 4 N–H and O–H groups in total. The number of thiazole rings is 1. The van der Waals surface area contributed by atoms with Crippen LogP contribution in [0.5, 0.6) is 0 Å². The Morgan fingerprint density at radius 2 is 2.35 bits per heavy atom. The van der Waals surface area contributed by atoms with Crippen LogP contribution in [0.4, 0.5) is 4.79 Å². The van der Waals surface area contributed by atoms with Crippen LogP contribution in [-0.2, 0) is 6.54 Å². The summed E-state index contributed by atoms with van der Waals surface area (Å²) in [5.74, 6) is -0.543. The Balaban J connectivity index is 1.81. The maximum absolute atomic E-state index is 11.6. The Labute approximate surface area is 117 Å². The SMILES string of the molecule is CC(NC(=O)NCc1nc(C(=O)O)cs1)c1ncn[nH]1. The van der Waals surface area contributed by atoms with Gasteiger partial charge in [0.25, 0.3) is 0 Å². The standard InChI is InChI=1S/C10H12N6O3S/c1-5(8-12-4-13-16-8)14-10(19)11-2-7-15-6(3-20-7)9(17)18/h3-5H,2H2,1H3,(H,17,18)(H2,11,14,19)(H,12,13,16). The lowest BCUT2D eigenvalue weighted by Gasteiger charge is -2.11. The van der Waals surface area contributed by atoms with Crippen molar-refractivity contribution in [3.63, 3.8) is 0 Å². The Hall–Kier alpha value is -2.49. The van der Waals surface area contributed by atoms with E-state index in [1.807, 2.05) is 0 Å². The molecule has 2 aromatic heterocycles. The average molecular weight is 296 g/mol. The van der Waals surface area contributed by atoms with Gasteiger partial charge in [0.2, 0.25) is 0 Å². The zero-order chi connectivity index (χ0) is 14.5. The second-order valence-corrected chi connectivity index (χ2v) is 4.79. The van der Waals surface area contributed by atoms with Crippen LogP contribution >= 0.6 is 11.3 Å². The first-order valence-electron chi connectivity index (χ1n) is 5.63. The number of carboxylic acid groups (broad SMARTS) is 1. The van der Waals surface area contributed by atoms with Gasteiger partial charge >= 0.3 is 12.0 Å². The van der Waals surface area contributed by atoms with Gasteiger partial charge in [-0.3, -0.25) is 5.10 Å². The molecular weight excluding hydrogens is 284 g/mol. The minimum atomic E-state index is -1.09. The number of nitrogens with zero attached hydrogens (tertiary/aromatic N) is 3. The molecule has 2 rings (SSSR count). The van der Waals surface area contributed by atoms with Crippen molar-refractivity contribution in [2.45, 2.75) is 19.5 Å². The largest absolute Gasteiger partial charge is 0.476 e. The molecule has 0 aliphatic carbocycles. The van der Waals surface area contributed by atoms with Crippen LogP contribution in [0.2, 0.25) is 0 Å². The number of nitrogens with one attached hydrogen (secondary N) is 3. The van der Waals surface area contributed by atoms with Crippen molar-refractivity contribution >= 4 is 23.3 Å². The topological polar surface area (TPSA) is 133 Å². The summed E-state index contributed by atoms with van der Waals surface area (Å²) >= 11 is 1.17. The lowest BCUT2D eigenvalue weighted by Crippen LogP contribution is -2.37. The Morgan fingerprint density at radius 1 is 1.55 bits per heavy atom. The predicted molar refractivity (Wildman–Crippen MR) is 69.2 cm³/mol. The minimum absolute atomic E-state index is 0.0257. The molecule has 0 aliphatic heterocycles. The fourth-order valence-electron chi connectivity index (χ4n) is 1.39. The number of aromatic nitrogens is 4. The third-order valence-corrected chi connectivity index (χ3v) is 3.21. The van der Waals surface area contributed by atoms with E-state index >= 15 is 0 Å². The third kappa shape index (κ3) is 3.51. The molecule has 0 fully saturated rings. The van der Waals surface area contributed by atoms with Crippen molar-refractivity contribution in [1.82, 2.24) is 30.8 Å². The molecule has 10 heteroatoms. The summed E-state index contributed by atoms with van der Waals surface area (Å²) in [6.07, 6.45) is 1.36. The molecule has 0 saturated heterocycles. The molecule has 0 saturated carbocycles. The molecule has 2 aromatic rings. The monoisotopic (exact) mass is 296 g/mol. The number of hydrogen-bond acceptors (Lipinski definition) is 6. The fourth-order valence-corrected chi connectivity index (χ4v) is 2.09. The number of carboxylic acids is 1. The highest BCUT2D eigenvalue weighted by Gasteiger charge is 2.13. The average Bonchev–Trinajstić information content (AvgIpc) is 3.07. The maximum Gasteiger partial charge on any atom is 0.355 e. The molecule has 106 valence electrons. The van der Waals surface area contributed by atoms with E-state index < -0.39 is 12.0 Å². The van der Waals surface area contributed by atoms with Crippen LogP contribution < -0.4 is 10.6 Å². The number of H-pyrrole nitrogens is 1. The number of hydrogen-bond donors (Lipinski definition) is 4. The van der Waals surface area contributed by atoms with Crippen LogP contribution in [0.15, 0.2) is 11.7 Å². The molecule has 0 aromatic carbocycles. The summed E-state index contributed by atoms with van der Waals surface area (Å²) in [4.78, 5) is 30.1. The number of carbonyl (C=O) groups excluding carboxylic acids is 1. The molecular formula is C10H12N6O3S. The smallest absolute Gasteiger partial charge is 0.355 e. The van der Waals surface area contributed by atoms with E-state index in [1.54, 1.807) is 6.92 Å². The second kappa shape index (κ2) is 6.10. The molecule has 2 amide bonds. The van der Waals surface area contributed by atoms with Gasteiger partial charge in [-0.05, 0) is 6.92 Å². The van der Waals surface area contributed by atoms with Gasteiger partial charge in [0.1, 0.15) is 17.2 Å². The number of carbonyl (C=O) groups is 2. The van der Waals surface area contributed by atoms with Gasteiger partial charge in [-0.2, -0.15) is 5.10 Å². The van der Waals surface area contributed by atoms with Gasteiger partial charge in [0.15, 0.2) is 5.69 Å². The van der Waals surface area contributed by atoms with Gasteiger partial charge < -0.3 is 15.7 Å². The summed E-state index contributed by atoms with van der Waals surface area (Å²) in [5, 5.41) is 22.3. The van der Waals surface area contributed by atoms with Crippen LogP contribution in [-0.4, -0.2) is 37.3 Å². The van der Waals surface area contributed by atoms with E-state index in [2.05, 4.69) is 30.8 Å². The van der Waals surface area contributed by atoms with E-state index in [9.17, 15) is 9.59 Å². The molecule has 9 nitrogen and oxygen atoms in total. The van der Waals surface area contributed by atoms with Crippen molar-refractivity contribution in [2.75, 3.05) is 0 Å². The summed E-state index contributed by atoms with van der Waals surface area (Å²) in [5.41, 5.74) is -0.0257. The Kier molecular flexibility index (Phi) is 4.25. The van der Waals surface area contributed by atoms with E-state index in [1.165, 1.54) is 23.0 Å². The highest BCUT2D eigenvalue weighted by molar-refractivity contribution is 7.09. The number of aromatic carboxylic acids is 1. The van der Waals surface area contributed by atoms with Gasteiger partial charge in [0.05, 0.1) is 12.6 Å². The molecule has 1 unspecified atom stereocenters. The van der Waals surface area contributed by atoms with Crippen LogP contribution in [0, 0.1) is 0 Å². The molecule has 0 bridgehead atoms. The van der Waals surface area contributed by atoms with Gasteiger partial charge in [-0.25, -0.2) is 19.6 Å². The minimum Gasteiger partial charge on any atom is -0.476 e. The van der Waals surface area contributed by atoms with Crippen molar-refractivity contribution in [1.29, 1.82) is 0 Å². The van der Waals surface area contributed by atoms with Gasteiger partial charge in [-0.1, -0.05) is 0 Å². The zero-order valence-corrected chi connectivity index (χ0v) is 11.3. The lowest BCUT2D eigenvalue weighted by molar-refractivity contribution is 0.0691. The summed E-state index contributed by atoms with van der Waals surface area (Å²) < 4.78 is 0. The first-order valence-corrected chi connectivity index (χ1v) is 6.51. The third-order valence-electron chi connectivity index (χ3n) is 2.36. The molecule has 0 radical (unpaired) electrons. The van der Waals surface area contributed by atoms with Crippen LogP contribution in [0.1, 0.15) is 34.3 Å². The Bertz CT molecular complexity index is 596. The van der Waals surface area contributed by atoms with Gasteiger partial charge in [0, 0.05) is 5.38 Å². The molecule has 0 aliphatic rings. The van der Waals surface area contributed by atoms with E-state index in [4.69, 9.17) is 5.11 Å². The summed E-state index contributed by atoms with van der Waals surface area (Å²) in [6, 6.07) is -0.718. The maximum atomic E-state index is 11.6. The van der Waals surface area contributed by atoms with E-state index in [0.717, 1.165) is 0 Å². The number of rotatable bonds is 5. The summed E-state index contributed by atoms with van der Waals surface area (Å²) in [7, 11) is 0. The van der Waals surface area contributed by atoms with Crippen LogP contribution in [0.3, 0.4) is 0 Å². The zero-order valence-electron chi connectivity index (χ0n) is 10.5. The lowest BCUT2D eigenvalue weighted by atomic mass is 10.3. The van der Waals surface area contributed by atoms with E-state index in [-0.39, 0.29) is 18.3 Å². The predicted octanol–water partition coefficient (Wildman–Crippen LogP) is 0.520. The number of amides is 2. The highest BCUT2D eigenvalue weighted by atomic mass is 32.1. The fraction of sp³-hybridized carbons (Fsp3) is 0.300. The molecule has 0 spiro atoms. The quantitative estimate of drug-likeness (QED) is 0.635. The molecule has 1 atom stereocenters. The Morgan fingerprint density at radius 3 is 2.95 bits per heavy atom. The van der Waals surface area contributed by atoms with Gasteiger partial charge in [-0.15, -0.1) is 11.3 Å². The first kappa shape index (κ1) is 13.9. The normalized spacial score (nSPS) is 11.8. The molecule has 20 heavy (non-hydrogen) atoms. The van der Waals surface area contributed by atoms with E-state index in [0.29, 0.717) is 10.8 Å². The number of urea groups is 1. The van der Waals surface area contributed by atoms with Crippen molar-refractivity contribution in [3.05, 3.63) is 28.2 Å². The molecule has 2 heterocycles. The van der Waals surface area contributed by atoms with Crippen molar-refractivity contribution in [3.8, 4) is 0 Å². The second-order valence-electron chi connectivity index (χ2n) is 3.85. The highest BCUT2D eigenvalue weighted by Crippen LogP contribution is 2.09. The first-order chi connectivity index (χ1) is 9.56. The van der Waals surface area contributed by atoms with Crippen LogP contribution in [0.25, 0.3) is 0 Å². The number of aromatic amines is 1. The summed E-state index contributed by atoms with van der Waals surface area (Å²) in [6.45, 7) is 1.92. The van der Waals surface area contributed by atoms with Crippen molar-refractivity contribution in [2.24, 2.45) is 0 Å². The van der Waals surface area contributed by atoms with Crippen molar-refractivity contribution < 1.29 is 14.7 Å².